The maximum Gasteiger partial charge on any atom is 0.257 e. The summed E-state index contributed by atoms with van der Waals surface area (Å²) in [5.74, 6) is -0.300. The van der Waals surface area contributed by atoms with Crippen LogP contribution in [0, 0.1) is 0 Å². The number of aromatic nitrogens is 3. The van der Waals surface area contributed by atoms with Gasteiger partial charge in [-0.25, -0.2) is 0 Å². The second-order valence-electron chi connectivity index (χ2n) is 6.05. The lowest BCUT2D eigenvalue weighted by Gasteiger charge is -2.09. The largest absolute Gasteiger partial charge is 0.322 e. The zero-order valence-electron chi connectivity index (χ0n) is 14.3. The van der Waals surface area contributed by atoms with E-state index in [0.29, 0.717) is 21.3 Å². The highest BCUT2D eigenvalue weighted by molar-refractivity contribution is 6.37. The van der Waals surface area contributed by atoms with Crippen LogP contribution in [0.4, 0.5) is 5.69 Å². The van der Waals surface area contributed by atoms with Crippen molar-refractivity contribution < 1.29 is 4.79 Å². The van der Waals surface area contributed by atoms with Crippen LogP contribution in [0.25, 0.3) is 22.0 Å². The third-order valence-electron chi connectivity index (χ3n) is 4.28. The number of fused-ring (bicyclic) bond motifs is 1. The minimum Gasteiger partial charge on any atom is -0.322 e. The molecule has 4 aromatic rings. The van der Waals surface area contributed by atoms with Gasteiger partial charge >= 0.3 is 0 Å². The fourth-order valence-corrected chi connectivity index (χ4v) is 3.42. The van der Waals surface area contributed by atoms with Crippen molar-refractivity contribution >= 4 is 45.7 Å². The maximum absolute atomic E-state index is 12.5. The summed E-state index contributed by atoms with van der Waals surface area (Å²) < 4.78 is 1.78. The molecule has 2 heterocycles. The lowest BCUT2D eigenvalue weighted by atomic mass is 10.0. The summed E-state index contributed by atoms with van der Waals surface area (Å²) in [6, 6.07) is 12.3. The summed E-state index contributed by atoms with van der Waals surface area (Å²) in [5, 5.41) is 8.95. The van der Waals surface area contributed by atoms with Gasteiger partial charge in [-0.1, -0.05) is 35.3 Å². The van der Waals surface area contributed by atoms with Gasteiger partial charge in [0.25, 0.3) is 5.91 Å². The van der Waals surface area contributed by atoms with E-state index in [0.717, 1.165) is 22.0 Å². The molecule has 0 aliphatic carbocycles. The van der Waals surface area contributed by atoms with Crippen LogP contribution in [-0.4, -0.2) is 20.7 Å². The first-order chi connectivity index (χ1) is 13.0. The van der Waals surface area contributed by atoms with E-state index in [2.05, 4.69) is 15.4 Å². The number of halogens is 2. The Morgan fingerprint density at radius 3 is 2.74 bits per heavy atom. The number of carbonyl (C=O) groups is 1. The van der Waals surface area contributed by atoms with E-state index in [9.17, 15) is 4.79 Å². The second kappa shape index (κ2) is 7.02. The Kier molecular flexibility index (Phi) is 4.56. The van der Waals surface area contributed by atoms with Crippen LogP contribution in [0.1, 0.15) is 10.4 Å². The first-order valence-corrected chi connectivity index (χ1v) is 8.91. The average molecular weight is 397 g/mol. The Hall–Kier alpha value is -2.89. The molecule has 2 aromatic heterocycles. The van der Waals surface area contributed by atoms with Gasteiger partial charge in [0.2, 0.25) is 0 Å². The van der Waals surface area contributed by atoms with E-state index in [1.165, 1.54) is 0 Å². The maximum atomic E-state index is 12.5. The molecule has 0 bridgehead atoms. The summed E-state index contributed by atoms with van der Waals surface area (Å²) in [6.45, 7) is 0. The standard InChI is InChI=1S/C20H14Cl2N4O/c1-26-19-11-23-9-16(17(19)10-24-26)12-3-2-4-14(7-12)25-20(27)15-6-5-13(21)8-18(15)22/h2-11H,1H3,(H,25,27). The highest BCUT2D eigenvalue weighted by Gasteiger charge is 2.13. The molecule has 0 unspecified atom stereocenters. The zero-order chi connectivity index (χ0) is 19.0. The molecule has 1 N–H and O–H groups in total. The van der Waals surface area contributed by atoms with Crippen molar-refractivity contribution in [2.45, 2.75) is 0 Å². The summed E-state index contributed by atoms with van der Waals surface area (Å²) in [4.78, 5) is 16.8. The van der Waals surface area contributed by atoms with Crippen molar-refractivity contribution in [2.24, 2.45) is 7.05 Å². The van der Waals surface area contributed by atoms with Crippen molar-refractivity contribution in [3.63, 3.8) is 0 Å². The highest BCUT2D eigenvalue weighted by atomic mass is 35.5. The lowest BCUT2D eigenvalue weighted by molar-refractivity contribution is 0.102. The van der Waals surface area contributed by atoms with Crippen molar-refractivity contribution in [3.05, 3.63) is 76.7 Å². The number of anilines is 1. The average Bonchev–Trinajstić information content (AvgIpc) is 3.03. The molecule has 2 aromatic carbocycles. The molecule has 134 valence electrons. The van der Waals surface area contributed by atoms with Crippen molar-refractivity contribution in [2.75, 3.05) is 5.32 Å². The molecule has 0 atom stereocenters. The molecule has 4 rings (SSSR count). The molecule has 0 saturated heterocycles. The van der Waals surface area contributed by atoms with Crippen LogP contribution < -0.4 is 5.32 Å². The van der Waals surface area contributed by atoms with Gasteiger partial charge in [0.05, 0.1) is 28.5 Å². The summed E-state index contributed by atoms with van der Waals surface area (Å²) >= 11 is 12.0. The predicted molar refractivity (Wildman–Crippen MR) is 108 cm³/mol. The van der Waals surface area contributed by atoms with Crippen LogP contribution in [0.3, 0.4) is 0 Å². The highest BCUT2D eigenvalue weighted by Crippen LogP contribution is 2.29. The third-order valence-corrected chi connectivity index (χ3v) is 4.83. The number of benzene rings is 2. The van der Waals surface area contributed by atoms with E-state index in [4.69, 9.17) is 23.2 Å². The van der Waals surface area contributed by atoms with E-state index < -0.39 is 0 Å². The van der Waals surface area contributed by atoms with Crippen molar-refractivity contribution in [1.29, 1.82) is 0 Å². The Balaban J connectivity index is 1.67. The third kappa shape index (κ3) is 3.39. The smallest absolute Gasteiger partial charge is 0.257 e. The number of hydrogen-bond donors (Lipinski definition) is 1. The summed E-state index contributed by atoms with van der Waals surface area (Å²) in [5.41, 5.74) is 3.84. The zero-order valence-corrected chi connectivity index (χ0v) is 15.8. The van der Waals surface area contributed by atoms with Crippen LogP contribution >= 0.6 is 23.2 Å². The van der Waals surface area contributed by atoms with Crippen molar-refractivity contribution in [3.8, 4) is 11.1 Å². The monoisotopic (exact) mass is 396 g/mol. The molecule has 7 heteroatoms. The molecular formula is C20H14Cl2N4O. The molecule has 0 aliphatic heterocycles. The van der Waals surface area contributed by atoms with Crippen LogP contribution in [0.2, 0.25) is 10.0 Å². The number of hydrogen-bond acceptors (Lipinski definition) is 3. The van der Waals surface area contributed by atoms with Gasteiger partial charge < -0.3 is 5.32 Å². The van der Waals surface area contributed by atoms with Crippen LogP contribution in [0.15, 0.2) is 61.1 Å². The molecule has 0 saturated carbocycles. The van der Waals surface area contributed by atoms with E-state index in [1.54, 1.807) is 35.3 Å². The van der Waals surface area contributed by atoms with Crippen LogP contribution in [0.5, 0.6) is 0 Å². The Morgan fingerprint density at radius 1 is 1.07 bits per heavy atom. The Morgan fingerprint density at radius 2 is 1.93 bits per heavy atom. The van der Waals surface area contributed by atoms with Gasteiger partial charge in [-0.15, -0.1) is 0 Å². The number of aryl methyl sites for hydroxylation is 1. The van der Waals surface area contributed by atoms with E-state index in [-0.39, 0.29) is 5.91 Å². The number of nitrogens with zero attached hydrogens (tertiary/aromatic N) is 3. The summed E-state index contributed by atoms with van der Waals surface area (Å²) in [6.07, 6.45) is 5.38. The fraction of sp³-hybridized carbons (Fsp3) is 0.0500. The fourth-order valence-electron chi connectivity index (χ4n) is 2.93. The number of amides is 1. The van der Waals surface area contributed by atoms with Gasteiger partial charge in [-0.2, -0.15) is 5.10 Å². The summed E-state index contributed by atoms with van der Waals surface area (Å²) in [7, 11) is 1.88. The number of pyridine rings is 1. The minimum atomic E-state index is -0.300. The van der Waals surface area contributed by atoms with Gasteiger partial charge in [0, 0.05) is 34.9 Å². The minimum absolute atomic E-state index is 0.300. The number of rotatable bonds is 3. The first kappa shape index (κ1) is 17.5. The molecule has 0 aliphatic rings. The second-order valence-corrected chi connectivity index (χ2v) is 6.89. The number of nitrogens with one attached hydrogen (secondary N) is 1. The Bertz CT molecular complexity index is 1170. The topological polar surface area (TPSA) is 59.8 Å². The molecular weight excluding hydrogens is 383 g/mol. The van der Waals surface area contributed by atoms with Gasteiger partial charge in [0.1, 0.15) is 0 Å². The molecule has 0 spiro atoms. The van der Waals surface area contributed by atoms with Gasteiger partial charge in [-0.05, 0) is 35.9 Å². The normalized spacial score (nSPS) is 10.9. The van der Waals surface area contributed by atoms with Crippen LogP contribution in [-0.2, 0) is 7.05 Å². The number of carbonyl (C=O) groups excluding carboxylic acids is 1. The first-order valence-electron chi connectivity index (χ1n) is 8.15. The van der Waals surface area contributed by atoms with Gasteiger partial charge in [-0.3, -0.25) is 14.5 Å². The molecule has 0 fully saturated rings. The van der Waals surface area contributed by atoms with Crippen molar-refractivity contribution in [1.82, 2.24) is 14.8 Å². The lowest BCUT2D eigenvalue weighted by Crippen LogP contribution is -2.12. The predicted octanol–water partition coefficient (Wildman–Crippen LogP) is 5.19. The SMILES string of the molecule is Cn1ncc2c(-c3cccc(NC(=O)c4ccc(Cl)cc4Cl)c3)cncc21. The van der Waals surface area contributed by atoms with Gasteiger partial charge in [0.15, 0.2) is 0 Å². The quantitative estimate of drug-likeness (QED) is 0.517. The molecule has 0 radical (unpaired) electrons. The Labute approximate surface area is 165 Å². The van der Waals surface area contributed by atoms with E-state index in [1.807, 2.05) is 37.5 Å². The molecule has 1 amide bonds. The van der Waals surface area contributed by atoms with E-state index >= 15 is 0 Å². The molecule has 5 nitrogen and oxygen atoms in total. The molecule has 27 heavy (non-hydrogen) atoms.